The van der Waals surface area contributed by atoms with Crippen LogP contribution < -0.4 is 5.73 Å². The molecule has 4 aliphatic rings. The minimum absolute atomic E-state index is 0. The molecular weight excluding hydrogens is 474 g/mol. The summed E-state index contributed by atoms with van der Waals surface area (Å²) in [5.74, 6) is -0.470. The minimum atomic E-state index is -1.72. The molecule has 3 N–H and O–H groups in total. The van der Waals surface area contributed by atoms with Crippen molar-refractivity contribution in [2.45, 2.75) is 77.2 Å². The third-order valence-corrected chi connectivity index (χ3v) is 9.41. The van der Waals surface area contributed by atoms with E-state index >= 15 is 0 Å². The summed E-state index contributed by atoms with van der Waals surface area (Å²) in [7, 11) is 0. The lowest BCUT2D eigenvalue weighted by Crippen LogP contribution is -2.61. The molecule has 35 heavy (non-hydrogen) atoms. The van der Waals surface area contributed by atoms with Crippen molar-refractivity contribution >= 4 is 35.9 Å². The van der Waals surface area contributed by atoms with Gasteiger partial charge in [0.2, 0.25) is 5.78 Å². The summed E-state index contributed by atoms with van der Waals surface area (Å²) in [5.41, 5.74) is 3.54. The van der Waals surface area contributed by atoms with E-state index in [0.717, 1.165) is 18.4 Å². The number of rotatable bonds is 7. The molecule has 0 radical (unpaired) electrons. The third kappa shape index (κ3) is 4.58. The summed E-state index contributed by atoms with van der Waals surface area (Å²) in [6, 6.07) is 0. The average molecular weight is 512 g/mol. The molecule has 4 aliphatic carbocycles. The van der Waals surface area contributed by atoms with Gasteiger partial charge in [-0.1, -0.05) is 19.4 Å². The van der Waals surface area contributed by atoms with Gasteiger partial charge in [-0.2, -0.15) is 0 Å². The van der Waals surface area contributed by atoms with Crippen molar-refractivity contribution in [1.82, 2.24) is 0 Å². The largest absolute Gasteiger partial charge is 0.508 e. The lowest BCUT2D eigenvalue weighted by Gasteiger charge is -2.57. The second kappa shape index (κ2) is 10.3. The molecule has 0 saturated heterocycles. The van der Waals surface area contributed by atoms with Crippen LogP contribution in [0.1, 0.15) is 71.6 Å². The molecule has 196 valence electrons. The molecule has 0 aromatic carbocycles. The van der Waals surface area contributed by atoms with E-state index in [4.69, 9.17) is 15.2 Å². The molecule has 9 heteroatoms. The molecule has 8 nitrogen and oxygen atoms in total. The van der Waals surface area contributed by atoms with E-state index in [1.807, 2.05) is 6.92 Å². The third-order valence-electron chi connectivity index (χ3n) is 9.41. The molecule has 6 atom stereocenters. The van der Waals surface area contributed by atoms with Crippen LogP contribution in [0.15, 0.2) is 11.6 Å². The number of halogens is 1. The molecule has 3 saturated carbocycles. The highest BCUT2D eigenvalue weighted by atomic mass is 35.5. The summed E-state index contributed by atoms with van der Waals surface area (Å²) in [5, 5.41) is 11.6. The van der Waals surface area contributed by atoms with Gasteiger partial charge in [-0.3, -0.25) is 14.4 Å². The van der Waals surface area contributed by atoms with E-state index in [1.165, 1.54) is 0 Å². The standard InChI is InChI=1S/C26H37NO7.ClH/c1-24-9-7-17(28)13-16(24)5-6-18-19-8-10-26(32,25(19,2)14-20(29)22(18)24)21(30)15-34-23(31)33-12-4-3-11-27;/h13,18-19,22,32H,3-12,14-15,27H2,1-2H3;1H/t18-,19-,22+,24-,25-,26-;/m0./s1. The summed E-state index contributed by atoms with van der Waals surface area (Å²) in [4.78, 5) is 50.6. The Kier molecular flexibility index (Phi) is 8.19. The number of hydrogen-bond donors (Lipinski definition) is 2. The molecule has 0 bridgehead atoms. The quantitative estimate of drug-likeness (QED) is 0.393. The van der Waals surface area contributed by atoms with Crippen molar-refractivity contribution in [3.63, 3.8) is 0 Å². The second-order valence-electron chi connectivity index (χ2n) is 11.1. The smallest absolute Gasteiger partial charge is 0.434 e. The van der Waals surface area contributed by atoms with Crippen LogP contribution in [-0.2, 0) is 23.9 Å². The predicted molar refractivity (Wildman–Crippen MR) is 130 cm³/mol. The Morgan fingerprint density at radius 3 is 2.57 bits per heavy atom. The van der Waals surface area contributed by atoms with Gasteiger partial charge >= 0.3 is 6.16 Å². The van der Waals surface area contributed by atoms with E-state index < -0.39 is 29.6 Å². The van der Waals surface area contributed by atoms with Crippen LogP contribution in [0, 0.1) is 28.6 Å². The zero-order valence-electron chi connectivity index (χ0n) is 20.7. The fourth-order valence-electron chi connectivity index (χ4n) is 7.53. The lowest BCUT2D eigenvalue weighted by atomic mass is 9.46. The Morgan fingerprint density at radius 1 is 1.11 bits per heavy atom. The Bertz CT molecular complexity index is 919. The van der Waals surface area contributed by atoms with E-state index in [9.17, 15) is 24.3 Å². The number of hydrogen-bond acceptors (Lipinski definition) is 8. The van der Waals surface area contributed by atoms with Crippen LogP contribution in [0.3, 0.4) is 0 Å². The van der Waals surface area contributed by atoms with Gasteiger partial charge in [-0.25, -0.2) is 4.79 Å². The zero-order valence-corrected chi connectivity index (χ0v) is 21.5. The molecule has 3 fully saturated rings. The lowest BCUT2D eigenvalue weighted by molar-refractivity contribution is -0.170. The number of fused-ring (bicyclic) bond motifs is 5. The summed E-state index contributed by atoms with van der Waals surface area (Å²) in [6.07, 6.45) is 5.82. The van der Waals surface area contributed by atoms with Crippen molar-refractivity contribution in [3.05, 3.63) is 11.6 Å². The van der Waals surface area contributed by atoms with Gasteiger partial charge in [0, 0.05) is 24.2 Å². The monoisotopic (exact) mass is 511 g/mol. The summed E-state index contributed by atoms with van der Waals surface area (Å²) < 4.78 is 9.93. The first-order valence-electron chi connectivity index (χ1n) is 12.6. The maximum absolute atomic E-state index is 13.6. The van der Waals surface area contributed by atoms with E-state index in [-0.39, 0.29) is 66.6 Å². The van der Waals surface area contributed by atoms with Crippen molar-refractivity contribution in [1.29, 1.82) is 0 Å². The molecule has 0 heterocycles. The van der Waals surface area contributed by atoms with Gasteiger partial charge < -0.3 is 20.3 Å². The highest BCUT2D eigenvalue weighted by Crippen LogP contribution is 2.66. The van der Waals surface area contributed by atoms with Gasteiger partial charge in [0.1, 0.15) is 11.4 Å². The molecular formula is C26H38ClNO7. The van der Waals surface area contributed by atoms with Gasteiger partial charge in [0.25, 0.3) is 0 Å². The number of Topliss-reactive ketones (excluding diaryl/α,β-unsaturated/α-hetero) is 2. The normalized spacial score (nSPS) is 37.8. The molecule has 0 aromatic rings. The summed E-state index contributed by atoms with van der Waals surface area (Å²) in [6.45, 7) is 4.04. The molecule has 0 amide bonds. The minimum Gasteiger partial charge on any atom is -0.434 e. The Morgan fingerprint density at radius 2 is 1.86 bits per heavy atom. The Hall–Kier alpha value is -1.77. The first-order valence-corrected chi connectivity index (χ1v) is 12.6. The zero-order chi connectivity index (χ0) is 24.7. The van der Waals surface area contributed by atoms with Gasteiger partial charge in [0.05, 0.1) is 6.61 Å². The number of nitrogens with two attached hydrogens (primary N) is 1. The Labute approximate surface area is 212 Å². The van der Waals surface area contributed by atoms with E-state index in [0.29, 0.717) is 38.6 Å². The van der Waals surface area contributed by atoms with Gasteiger partial charge in [-0.05, 0) is 74.8 Å². The summed E-state index contributed by atoms with van der Waals surface area (Å²) >= 11 is 0. The maximum Gasteiger partial charge on any atom is 0.508 e. The molecule has 0 aliphatic heterocycles. The van der Waals surface area contributed by atoms with E-state index in [1.54, 1.807) is 6.08 Å². The molecule has 0 unspecified atom stereocenters. The van der Waals surface area contributed by atoms with Crippen LogP contribution >= 0.6 is 12.4 Å². The molecule has 0 spiro atoms. The van der Waals surface area contributed by atoms with E-state index in [2.05, 4.69) is 6.92 Å². The number of aliphatic hydroxyl groups is 1. The highest BCUT2D eigenvalue weighted by Gasteiger charge is 2.68. The van der Waals surface area contributed by atoms with Gasteiger partial charge in [0.15, 0.2) is 12.4 Å². The van der Waals surface area contributed by atoms with Crippen LogP contribution in [0.25, 0.3) is 0 Å². The SMILES string of the molecule is C[C@]12CCC(=O)C=C1CC[C@@H]1[C@@H]2C(=O)C[C@@]2(C)[C@H]1CC[C@]2(O)C(=O)COC(=O)OCCCCN.Cl. The van der Waals surface area contributed by atoms with Crippen molar-refractivity contribution in [2.75, 3.05) is 19.8 Å². The predicted octanol–water partition coefficient (Wildman–Crippen LogP) is 3.31. The second-order valence-corrected chi connectivity index (χ2v) is 11.1. The van der Waals surface area contributed by atoms with Crippen LogP contribution in [-0.4, -0.2) is 54.0 Å². The first kappa shape index (κ1) is 27.8. The molecule has 0 aromatic heterocycles. The highest BCUT2D eigenvalue weighted by molar-refractivity contribution is 5.95. The Balaban J connectivity index is 0.00000342. The number of ketones is 3. The van der Waals surface area contributed by atoms with Crippen molar-refractivity contribution in [2.24, 2.45) is 34.3 Å². The number of carbonyl (C=O) groups excluding carboxylic acids is 4. The van der Waals surface area contributed by atoms with Crippen LogP contribution in [0.2, 0.25) is 0 Å². The van der Waals surface area contributed by atoms with Crippen molar-refractivity contribution < 1.29 is 33.8 Å². The fourth-order valence-corrected chi connectivity index (χ4v) is 7.53. The average Bonchev–Trinajstić information content (AvgIpc) is 3.06. The van der Waals surface area contributed by atoms with Crippen molar-refractivity contribution in [3.8, 4) is 0 Å². The van der Waals surface area contributed by atoms with Crippen LogP contribution in [0.5, 0.6) is 0 Å². The van der Waals surface area contributed by atoms with Gasteiger partial charge in [-0.15, -0.1) is 12.4 Å². The first-order chi connectivity index (χ1) is 16.1. The number of unbranched alkanes of at least 4 members (excludes halogenated alkanes) is 1. The fraction of sp³-hybridized carbons (Fsp3) is 0.769. The number of carbonyl (C=O) groups is 4. The molecule has 4 rings (SSSR count). The number of ether oxygens (including phenoxy) is 2. The number of allylic oxidation sites excluding steroid dienone is 1. The van der Waals surface area contributed by atoms with Crippen LogP contribution in [0.4, 0.5) is 4.79 Å². The maximum atomic E-state index is 13.6. The topological polar surface area (TPSA) is 133 Å².